The number of hydrogen-bond acceptors (Lipinski definition) is 14. The summed E-state index contributed by atoms with van der Waals surface area (Å²) in [6.45, 7) is 1.38. The number of nitrogen functional groups attached to an aromatic ring is 1. The number of nitrogens with zero attached hydrogens (tertiary/aromatic N) is 7. The van der Waals surface area contributed by atoms with E-state index in [4.69, 9.17) is 16.3 Å². The van der Waals surface area contributed by atoms with E-state index in [2.05, 4.69) is 25.7 Å². The van der Waals surface area contributed by atoms with E-state index < -0.39 is 51.5 Å². The molecule has 2 amide bonds. The molecular formula is C20H28N10O8S2. The summed E-state index contributed by atoms with van der Waals surface area (Å²) in [6, 6.07) is -2.73. The van der Waals surface area contributed by atoms with E-state index >= 15 is 0 Å². The van der Waals surface area contributed by atoms with Crippen LogP contribution in [-0.4, -0.2) is 109 Å². The van der Waals surface area contributed by atoms with Gasteiger partial charge < -0.3 is 31.6 Å². The molecular weight excluding hydrogens is 572 g/mol. The molecule has 3 heterocycles. The second kappa shape index (κ2) is 11.4. The van der Waals surface area contributed by atoms with Gasteiger partial charge >= 0.3 is 16.3 Å². The van der Waals surface area contributed by atoms with Crippen LogP contribution in [0.4, 0.5) is 5.13 Å². The topological polar surface area (TPSA) is 262 Å². The summed E-state index contributed by atoms with van der Waals surface area (Å²) in [7, 11) is -3.11. The average Bonchev–Trinajstić information content (AvgIpc) is 3.36. The maximum absolute atomic E-state index is 13.2. The molecule has 1 aliphatic heterocycles. The Morgan fingerprint density at radius 3 is 2.70 bits per heavy atom. The standard InChI is InChI=1S/C20H28N10O8S2/c1-28(6-2-5-21)8-11-7-23-29(26-11)9-13-15(17(32)30(13)40(35,36)37)25-16(31)14(12-10-39-19(22)24-12)27-38-20(3-4-20)18(33)34/h7,10,13,15H,2-6,8-9,21H2,1H3,(H2,22,24)(H,25,31)(H,33,34)(H,35,36,37)/t13-,15+/m1/s1. The maximum Gasteiger partial charge on any atom is 0.362 e. The van der Waals surface area contributed by atoms with Gasteiger partial charge in [0.1, 0.15) is 17.8 Å². The van der Waals surface area contributed by atoms with E-state index in [1.54, 1.807) is 0 Å². The summed E-state index contributed by atoms with van der Waals surface area (Å²) in [4.78, 5) is 49.6. The summed E-state index contributed by atoms with van der Waals surface area (Å²) in [6.07, 6.45) is 2.60. The third-order valence-corrected chi connectivity index (χ3v) is 7.82. The highest BCUT2D eigenvalue weighted by Crippen LogP contribution is 2.40. The van der Waals surface area contributed by atoms with E-state index in [1.165, 1.54) is 11.6 Å². The summed E-state index contributed by atoms with van der Waals surface area (Å²) < 4.78 is 33.6. The smallest absolute Gasteiger partial charge is 0.362 e. The Morgan fingerprint density at radius 2 is 2.12 bits per heavy atom. The highest BCUT2D eigenvalue weighted by Gasteiger charge is 2.56. The number of hydrogen-bond donors (Lipinski definition) is 5. The van der Waals surface area contributed by atoms with Gasteiger partial charge in [-0.1, -0.05) is 5.16 Å². The van der Waals surface area contributed by atoms with Gasteiger partial charge in [-0.3, -0.25) is 14.1 Å². The Morgan fingerprint density at radius 1 is 1.40 bits per heavy atom. The van der Waals surface area contributed by atoms with Crippen LogP contribution in [0.25, 0.3) is 0 Å². The predicted octanol–water partition coefficient (Wildman–Crippen LogP) is -2.37. The predicted molar refractivity (Wildman–Crippen MR) is 138 cm³/mol. The van der Waals surface area contributed by atoms with E-state index in [-0.39, 0.29) is 34.5 Å². The molecule has 7 N–H and O–H groups in total. The number of carboxylic acid groups (broad SMARTS) is 1. The lowest BCUT2D eigenvalue weighted by atomic mass is 9.98. The largest absolute Gasteiger partial charge is 0.478 e. The lowest BCUT2D eigenvalue weighted by Crippen LogP contribution is -2.73. The molecule has 1 saturated heterocycles. The number of aliphatic carboxylic acids is 1. The molecule has 218 valence electrons. The Balaban J connectivity index is 1.52. The van der Waals surface area contributed by atoms with Gasteiger partial charge in [-0.05, 0) is 26.6 Å². The van der Waals surface area contributed by atoms with E-state index in [1.807, 2.05) is 11.9 Å². The molecule has 1 aliphatic carbocycles. The molecule has 0 aromatic carbocycles. The van der Waals surface area contributed by atoms with Crippen molar-refractivity contribution in [3.63, 3.8) is 0 Å². The molecule has 2 atom stereocenters. The molecule has 0 spiro atoms. The number of nitrogens with two attached hydrogens (primary N) is 2. The van der Waals surface area contributed by atoms with Crippen molar-refractivity contribution in [1.29, 1.82) is 0 Å². The number of carbonyl (C=O) groups is 3. The summed E-state index contributed by atoms with van der Waals surface area (Å²) in [5, 5.41) is 25.3. The fourth-order valence-electron chi connectivity index (χ4n) is 3.92. The van der Waals surface area contributed by atoms with Crippen LogP contribution < -0.4 is 16.8 Å². The molecule has 2 aromatic rings. The van der Waals surface area contributed by atoms with E-state index in [9.17, 15) is 32.5 Å². The molecule has 0 radical (unpaired) electrons. The average molecular weight is 601 g/mol. The number of anilines is 1. The number of carbonyl (C=O) groups excluding carboxylic acids is 2. The molecule has 0 unspecified atom stereocenters. The van der Waals surface area contributed by atoms with Gasteiger partial charge in [0.2, 0.25) is 5.60 Å². The van der Waals surface area contributed by atoms with Gasteiger partial charge in [0.05, 0.1) is 18.4 Å². The first-order chi connectivity index (χ1) is 18.8. The number of amides is 2. The Hall–Kier alpha value is -3.72. The zero-order valence-corrected chi connectivity index (χ0v) is 22.8. The number of carboxylic acids is 1. The lowest BCUT2D eigenvalue weighted by molar-refractivity contribution is -0.153. The molecule has 20 heteroatoms. The number of thiazole rings is 1. The quantitative estimate of drug-likeness (QED) is 0.0657. The normalized spacial score (nSPS) is 20.4. The first-order valence-electron chi connectivity index (χ1n) is 11.9. The second-order valence-electron chi connectivity index (χ2n) is 9.30. The van der Waals surface area contributed by atoms with Crippen LogP contribution in [-0.2, 0) is 42.6 Å². The van der Waals surface area contributed by atoms with Crippen molar-refractivity contribution in [2.45, 2.75) is 50.0 Å². The van der Waals surface area contributed by atoms with E-state index in [0.29, 0.717) is 18.8 Å². The summed E-state index contributed by atoms with van der Waals surface area (Å²) in [5.41, 5.74) is 9.64. The van der Waals surface area contributed by atoms with Crippen molar-refractivity contribution in [2.24, 2.45) is 10.9 Å². The minimum Gasteiger partial charge on any atom is -0.478 e. The SMILES string of the molecule is CN(CCCN)Cc1cnn(C[C@@H]2[C@H](NC(=O)C(=NOC3(C(=O)O)CC3)c3csc(N)n3)C(=O)N2S(=O)(=O)O)n1. The zero-order valence-electron chi connectivity index (χ0n) is 21.2. The van der Waals surface area contributed by atoms with Crippen molar-refractivity contribution in [2.75, 3.05) is 25.9 Å². The molecule has 2 aromatic heterocycles. The third-order valence-electron chi connectivity index (χ3n) is 6.20. The highest BCUT2D eigenvalue weighted by molar-refractivity contribution is 7.84. The fraction of sp³-hybridized carbons (Fsp3) is 0.550. The fourth-order valence-corrected chi connectivity index (χ4v) is 5.34. The Bertz CT molecular complexity index is 1420. The lowest BCUT2D eigenvalue weighted by Gasteiger charge is -2.43. The van der Waals surface area contributed by atoms with Crippen LogP contribution in [0.2, 0.25) is 0 Å². The van der Waals surface area contributed by atoms with Crippen molar-refractivity contribution in [1.82, 2.24) is 34.5 Å². The molecule has 2 fully saturated rings. The molecule has 40 heavy (non-hydrogen) atoms. The van der Waals surface area contributed by atoms with Crippen LogP contribution >= 0.6 is 11.3 Å². The molecule has 1 saturated carbocycles. The van der Waals surface area contributed by atoms with Crippen LogP contribution in [0.15, 0.2) is 16.7 Å². The van der Waals surface area contributed by atoms with E-state index in [0.717, 1.165) is 29.1 Å². The number of aromatic nitrogens is 4. The van der Waals surface area contributed by atoms with Gasteiger partial charge in [0.15, 0.2) is 10.8 Å². The minimum absolute atomic E-state index is 0.0479. The van der Waals surface area contributed by atoms with Crippen molar-refractivity contribution >= 4 is 50.3 Å². The van der Waals surface area contributed by atoms with Crippen LogP contribution in [0.5, 0.6) is 0 Å². The summed E-state index contributed by atoms with van der Waals surface area (Å²) in [5.74, 6) is -3.39. The van der Waals surface area contributed by atoms with Gasteiger partial charge in [-0.15, -0.1) is 11.3 Å². The van der Waals surface area contributed by atoms with Crippen molar-refractivity contribution < 1.29 is 37.3 Å². The van der Waals surface area contributed by atoms with Crippen LogP contribution in [0, 0.1) is 0 Å². The highest BCUT2D eigenvalue weighted by atomic mass is 32.2. The van der Waals surface area contributed by atoms with Crippen LogP contribution in [0.3, 0.4) is 0 Å². The molecule has 0 bridgehead atoms. The van der Waals surface area contributed by atoms with Crippen LogP contribution in [0.1, 0.15) is 30.7 Å². The first kappa shape index (κ1) is 29.3. The zero-order chi connectivity index (χ0) is 29.2. The van der Waals surface area contributed by atoms with Gasteiger partial charge in [-0.2, -0.15) is 23.4 Å². The molecule has 18 nitrogen and oxygen atoms in total. The molecule has 4 rings (SSSR count). The monoisotopic (exact) mass is 600 g/mol. The minimum atomic E-state index is -4.98. The number of oxime groups is 1. The number of β-lactam (4-membered cyclic amide) rings is 1. The maximum atomic E-state index is 13.2. The van der Waals surface area contributed by atoms with Crippen molar-refractivity contribution in [3.05, 3.63) is 23.0 Å². The van der Waals surface area contributed by atoms with Gasteiger partial charge in [0, 0.05) is 24.8 Å². The Labute approximate surface area is 231 Å². The Kier molecular flexibility index (Phi) is 8.35. The first-order valence-corrected chi connectivity index (χ1v) is 14.2. The number of nitrogens with one attached hydrogen (secondary N) is 1. The summed E-state index contributed by atoms with van der Waals surface area (Å²) >= 11 is 0.978. The molecule has 2 aliphatic rings. The third kappa shape index (κ3) is 6.36. The van der Waals surface area contributed by atoms with Gasteiger partial charge in [-0.25, -0.2) is 14.1 Å². The second-order valence-corrected chi connectivity index (χ2v) is 11.5. The van der Waals surface area contributed by atoms with Gasteiger partial charge in [0.25, 0.3) is 11.8 Å². The van der Waals surface area contributed by atoms with Crippen molar-refractivity contribution in [3.8, 4) is 0 Å². The number of rotatable bonds is 14.